The maximum Gasteiger partial charge on any atom is 0.149 e. The van der Waals surface area contributed by atoms with Crippen LogP contribution in [0.25, 0.3) is 33.9 Å². The zero-order valence-electron chi connectivity index (χ0n) is 16.6. The van der Waals surface area contributed by atoms with Crippen LogP contribution in [0.4, 0.5) is 0 Å². The number of rotatable bonds is 5. The normalized spacial score (nSPS) is 11.5. The third kappa shape index (κ3) is 3.85. The van der Waals surface area contributed by atoms with E-state index >= 15 is 0 Å². The van der Waals surface area contributed by atoms with E-state index in [1.54, 1.807) is 12.4 Å². The Hall–Kier alpha value is -4.50. The van der Waals surface area contributed by atoms with Crippen molar-refractivity contribution < 1.29 is 0 Å². The zero-order valence-corrected chi connectivity index (χ0v) is 16.6. The predicted molar refractivity (Wildman–Crippen MR) is 121 cm³/mol. The minimum Gasteiger partial charge on any atom is -0.337 e. The molecule has 5 rings (SSSR count). The fourth-order valence-electron chi connectivity index (χ4n) is 3.51. The van der Waals surface area contributed by atoms with Crippen LogP contribution in [0.15, 0.2) is 85.3 Å². The van der Waals surface area contributed by atoms with Crippen LogP contribution in [0.3, 0.4) is 0 Å². The van der Waals surface area contributed by atoms with E-state index in [0.717, 1.165) is 33.4 Å². The Morgan fingerprint density at radius 2 is 1.87 bits per heavy atom. The van der Waals surface area contributed by atoms with Gasteiger partial charge < -0.3 is 4.98 Å². The fraction of sp³-hybridized carbons (Fsp3) is 0.0400. The largest absolute Gasteiger partial charge is 0.337 e. The van der Waals surface area contributed by atoms with Crippen LogP contribution in [0.5, 0.6) is 0 Å². The smallest absolute Gasteiger partial charge is 0.149 e. The Balaban J connectivity index is 1.59. The summed E-state index contributed by atoms with van der Waals surface area (Å²) in [4.78, 5) is 12.0. The van der Waals surface area contributed by atoms with E-state index in [1.807, 2.05) is 71.6 Å². The summed E-state index contributed by atoms with van der Waals surface area (Å²) in [7, 11) is 0. The molecule has 31 heavy (non-hydrogen) atoms. The average molecular weight is 402 g/mol. The number of imidazole rings is 1. The maximum absolute atomic E-state index is 9.85. The maximum atomic E-state index is 9.85. The van der Waals surface area contributed by atoms with Gasteiger partial charge in [0.25, 0.3) is 0 Å². The molecule has 0 radical (unpaired) electrons. The summed E-state index contributed by atoms with van der Waals surface area (Å²) in [6.07, 6.45) is 7.29. The second-order valence-electron chi connectivity index (χ2n) is 7.13. The molecule has 6 nitrogen and oxygen atoms in total. The van der Waals surface area contributed by atoms with E-state index in [2.05, 4.69) is 33.2 Å². The number of fused-ring (bicyclic) bond motifs is 1. The number of H-pyrrole nitrogens is 1. The summed E-state index contributed by atoms with van der Waals surface area (Å²) in [6, 6.07) is 24.0. The van der Waals surface area contributed by atoms with Gasteiger partial charge in [-0.3, -0.25) is 9.67 Å². The van der Waals surface area contributed by atoms with Crippen molar-refractivity contribution in [2.45, 2.75) is 6.54 Å². The molecule has 0 fully saturated rings. The van der Waals surface area contributed by atoms with E-state index in [0.29, 0.717) is 17.9 Å². The molecular weight excluding hydrogens is 384 g/mol. The number of allylic oxidation sites excluding steroid dienone is 1. The molecule has 0 atom stereocenters. The number of hydrogen-bond donors (Lipinski definition) is 1. The number of nitriles is 1. The highest BCUT2D eigenvalue weighted by atomic mass is 15.3. The summed E-state index contributed by atoms with van der Waals surface area (Å²) in [5, 5.41) is 14.6. The third-order valence-electron chi connectivity index (χ3n) is 4.98. The number of aromatic nitrogens is 5. The SMILES string of the molecule is N#C/C(=C/c1cn(Cc2ccccc2)nc1-c1cccnc1)c1nc2ccccc2[nH]1. The molecule has 3 aromatic heterocycles. The number of hydrogen-bond acceptors (Lipinski definition) is 4. The summed E-state index contributed by atoms with van der Waals surface area (Å²) >= 11 is 0. The Bertz CT molecular complexity index is 1370. The number of nitrogens with zero attached hydrogens (tertiary/aromatic N) is 5. The molecule has 3 heterocycles. The lowest BCUT2D eigenvalue weighted by atomic mass is 10.1. The topological polar surface area (TPSA) is 83.2 Å². The van der Waals surface area contributed by atoms with E-state index < -0.39 is 0 Å². The average Bonchev–Trinajstić information content (AvgIpc) is 3.42. The van der Waals surface area contributed by atoms with Crippen molar-refractivity contribution in [3.63, 3.8) is 0 Å². The van der Waals surface area contributed by atoms with Crippen molar-refractivity contribution in [2.24, 2.45) is 0 Å². The number of nitrogens with one attached hydrogen (secondary N) is 1. The van der Waals surface area contributed by atoms with Crippen LogP contribution >= 0.6 is 0 Å². The molecule has 1 N–H and O–H groups in total. The second kappa shape index (κ2) is 8.09. The van der Waals surface area contributed by atoms with Gasteiger partial charge in [-0.2, -0.15) is 10.4 Å². The number of pyridine rings is 1. The van der Waals surface area contributed by atoms with Crippen molar-refractivity contribution in [1.29, 1.82) is 5.26 Å². The Kier molecular flexibility index (Phi) is 4.83. The van der Waals surface area contributed by atoms with Crippen molar-refractivity contribution in [3.8, 4) is 17.3 Å². The highest BCUT2D eigenvalue weighted by molar-refractivity contribution is 5.92. The lowest BCUT2D eigenvalue weighted by Gasteiger charge is -2.01. The molecule has 0 saturated carbocycles. The molecule has 0 aliphatic rings. The first-order chi connectivity index (χ1) is 15.3. The van der Waals surface area contributed by atoms with Crippen LogP contribution in [0.1, 0.15) is 17.0 Å². The monoisotopic (exact) mass is 402 g/mol. The van der Waals surface area contributed by atoms with Gasteiger partial charge in [0.1, 0.15) is 17.6 Å². The quantitative estimate of drug-likeness (QED) is 0.422. The molecule has 6 heteroatoms. The molecule has 0 bridgehead atoms. The molecule has 2 aromatic carbocycles. The molecular formula is C25H18N6. The van der Waals surface area contributed by atoms with E-state index in [-0.39, 0.29) is 0 Å². The molecule has 148 valence electrons. The van der Waals surface area contributed by atoms with Gasteiger partial charge >= 0.3 is 0 Å². The lowest BCUT2D eigenvalue weighted by Crippen LogP contribution is -2.00. The predicted octanol–water partition coefficient (Wildman–Crippen LogP) is 4.93. The van der Waals surface area contributed by atoms with E-state index in [4.69, 9.17) is 5.10 Å². The Morgan fingerprint density at radius 1 is 1.03 bits per heavy atom. The number of benzene rings is 2. The number of para-hydroxylation sites is 2. The van der Waals surface area contributed by atoms with Crippen LogP contribution in [-0.2, 0) is 6.54 Å². The van der Waals surface area contributed by atoms with Crippen molar-refractivity contribution >= 4 is 22.7 Å². The summed E-state index contributed by atoms with van der Waals surface area (Å²) < 4.78 is 1.89. The van der Waals surface area contributed by atoms with Crippen molar-refractivity contribution in [1.82, 2.24) is 24.7 Å². The molecule has 0 spiro atoms. The highest BCUT2D eigenvalue weighted by Crippen LogP contribution is 2.26. The third-order valence-corrected chi connectivity index (χ3v) is 4.98. The van der Waals surface area contributed by atoms with Crippen LogP contribution < -0.4 is 0 Å². The highest BCUT2D eigenvalue weighted by Gasteiger charge is 2.14. The number of aromatic amines is 1. The molecule has 0 unspecified atom stereocenters. The van der Waals surface area contributed by atoms with E-state index in [1.165, 1.54) is 0 Å². The van der Waals surface area contributed by atoms with Gasteiger partial charge in [0.05, 0.1) is 23.2 Å². The van der Waals surface area contributed by atoms with Crippen LogP contribution in [-0.4, -0.2) is 24.7 Å². The lowest BCUT2D eigenvalue weighted by molar-refractivity contribution is 0.689. The zero-order chi connectivity index (χ0) is 21.0. The Labute approximate surface area is 179 Å². The first-order valence-electron chi connectivity index (χ1n) is 9.89. The van der Waals surface area contributed by atoms with E-state index in [9.17, 15) is 5.26 Å². The van der Waals surface area contributed by atoms with Gasteiger partial charge in [-0.25, -0.2) is 4.98 Å². The molecule has 0 saturated heterocycles. The Morgan fingerprint density at radius 3 is 2.65 bits per heavy atom. The van der Waals surface area contributed by atoms with Gasteiger partial charge in [0, 0.05) is 29.7 Å². The minimum atomic E-state index is 0.445. The van der Waals surface area contributed by atoms with Crippen LogP contribution in [0, 0.1) is 11.3 Å². The minimum absolute atomic E-state index is 0.445. The molecule has 0 aliphatic heterocycles. The molecule has 5 aromatic rings. The summed E-state index contributed by atoms with van der Waals surface area (Å²) in [6.45, 7) is 0.633. The van der Waals surface area contributed by atoms with Gasteiger partial charge in [-0.1, -0.05) is 42.5 Å². The fourth-order valence-corrected chi connectivity index (χ4v) is 3.51. The van der Waals surface area contributed by atoms with Gasteiger partial charge in [-0.15, -0.1) is 0 Å². The van der Waals surface area contributed by atoms with Gasteiger partial charge in [0.2, 0.25) is 0 Å². The van der Waals surface area contributed by atoms with Crippen molar-refractivity contribution in [2.75, 3.05) is 0 Å². The van der Waals surface area contributed by atoms with Crippen LogP contribution in [0.2, 0.25) is 0 Å². The summed E-state index contributed by atoms with van der Waals surface area (Å²) in [5.41, 5.74) is 5.81. The van der Waals surface area contributed by atoms with Crippen molar-refractivity contribution in [3.05, 3.63) is 102 Å². The molecule has 0 aliphatic carbocycles. The van der Waals surface area contributed by atoms with Gasteiger partial charge in [0.15, 0.2) is 0 Å². The molecule has 0 amide bonds. The second-order valence-corrected chi connectivity index (χ2v) is 7.13. The first kappa shape index (κ1) is 18.5. The van der Waals surface area contributed by atoms with Gasteiger partial charge in [-0.05, 0) is 35.9 Å². The first-order valence-corrected chi connectivity index (χ1v) is 9.89. The summed E-state index contributed by atoms with van der Waals surface area (Å²) in [5.74, 6) is 0.539. The standard InChI is InChI=1S/C25H18N6/c26-14-20(25-28-22-10-4-5-11-23(22)29-25)13-21-17-31(16-18-7-2-1-3-8-18)30-24(21)19-9-6-12-27-15-19/h1-13,15,17H,16H2,(H,28,29)/b20-13-.